The van der Waals surface area contributed by atoms with E-state index >= 15 is 0 Å². The van der Waals surface area contributed by atoms with Gasteiger partial charge in [-0.1, -0.05) is 31.4 Å². The normalized spacial score (nSPS) is 14.4. The standard InChI is InChI=1S/C21H22F2N2O4/c22-20(23)29-18-10-9-16(28-21(27)25-15-7-2-1-3-8-15)12-17(18)13-5-4-6-14(11-13)19(24)26/h4-6,9-12,15,20H,1-3,7-8H2,(H2,24,26)(H,25,27). The van der Waals surface area contributed by atoms with Gasteiger partial charge in [-0.2, -0.15) is 8.78 Å². The number of carbonyl (C=O) groups is 2. The lowest BCUT2D eigenvalue weighted by atomic mass is 9.96. The Labute approximate surface area is 167 Å². The summed E-state index contributed by atoms with van der Waals surface area (Å²) in [6, 6.07) is 10.3. The molecule has 1 fully saturated rings. The number of rotatable bonds is 6. The molecule has 0 unspecified atom stereocenters. The second-order valence-corrected chi connectivity index (χ2v) is 6.85. The highest BCUT2D eigenvalue weighted by Gasteiger charge is 2.18. The van der Waals surface area contributed by atoms with Crippen LogP contribution in [0.2, 0.25) is 0 Å². The molecule has 0 saturated heterocycles. The maximum absolute atomic E-state index is 12.8. The largest absolute Gasteiger partial charge is 0.434 e. The first-order valence-electron chi connectivity index (χ1n) is 9.40. The van der Waals surface area contributed by atoms with Crippen LogP contribution < -0.4 is 20.5 Å². The maximum Gasteiger partial charge on any atom is 0.412 e. The molecule has 29 heavy (non-hydrogen) atoms. The van der Waals surface area contributed by atoms with Crippen LogP contribution in [0.5, 0.6) is 11.5 Å². The van der Waals surface area contributed by atoms with Gasteiger partial charge in [0.05, 0.1) is 0 Å². The second kappa shape index (κ2) is 9.36. The van der Waals surface area contributed by atoms with Gasteiger partial charge < -0.3 is 20.5 Å². The molecule has 0 aromatic heterocycles. The molecule has 0 bridgehead atoms. The molecule has 8 heteroatoms. The molecule has 2 amide bonds. The molecule has 2 aromatic rings. The second-order valence-electron chi connectivity index (χ2n) is 6.85. The summed E-state index contributed by atoms with van der Waals surface area (Å²) in [7, 11) is 0. The van der Waals surface area contributed by atoms with E-state index < -0.39 is 18.6 Å². The lowest BCUT2D eigenvalue weighted by Gasteiger charge is -2.22. The fourth-order valence-corrected chi connectivity index (χ4v) is 3.39. The zero-order valence-electron chi connectivity index (χ0n) is 15.7. The quantitative estimate of drug-likeness (QED) is 0.743. The highest BCUT2D eigenvalue weighted by Crippen LogP contribution is 2.35. The number of halogens is 2. The van der Waals surface area contributed by atoms with Crippen molar-refractivity contribution in [2.24, 2.45) is 5.73 Å². The molecule has 0 spiro atoms. The van der Waals surface area contributed by atoms with Crippen molar-refractivity contribution in [1.29, 1.82) is 0 Å². The molecule has 0 heterocycles. The Balaban J connectivity index is 1.84. The lowest BCUT2D eigenvalue weighted by molar-refractivity contribution is -0.0494. The summed E-state index contributed by atoms with van der Waals surface area (Å²) in [4.78, 5) is 23.6. The Hall–Kier alpha value is -3.16. The van der Waals surface area contributed by atoms with Crippen molar-refractivity contribution in [2.75, 3.05) is 0 Å². The summed E-state index contributed by atoms with van der Waals surface area (Å²) < 4.78 is 35.5. The monoisotopic (exact) mass is 404 g/mol. The van der Waals surface area contributed by atoms with Gasteiger partial charge in [0.15, 0.2) is 0 Å². The van der Waals surface area contributed by atoms with Gasteiger partial charge in [0.1, 0.15) is 11.5 Å². The van der Waals surface area contributed by atoms with Crippen LogP contribution in [-0.4, -0.2) is 24.7 Å². The SMILES string of the molecule is NC(=O)c1cccc(-c2cc(OC(=O)NC3CCCCC3)ccc2OC(F)F)c1. The van der Waals surface area contributed by atoms with Crippen molar-refractivity contribution in [3.8, 4) is 22.6 Å². The summed E-state index contributed by atoms with van der Waals surface area (Å²) in [6.07, 6.45) is 4.49. The predicted molar refractivity (Wildman–Crippen MR) is 103 cm³/mol. The summed E-state index contributed by atoms with van der Waals surface area (Å²) in [5.41, 5.74) is 6.18. The van der Waals surface area contributed by atoms with E-state index in [0.717, 1.165) is 32.1 Å². The molecule has 2 aromatic carbocycles. The third kappa shape index (κ3) is 5.66. The number of nitrogens with two attached hydrogens (primary N) is 1. The minimum absolute atomic E-state index is 0.0735. The first-order chi connectivity index (χ1) is 13.9. The smallest absolute Gasteiger partial charge is 0.412 e. The number of nitrogens with one attached hydrogen (secondary N) is 1. The van der Waals surface area contributed by atoms with E-state index in [4.69, 9.17) is 10.5 Å². The third-order valence-electron chi connectivity index (χ3n) is 4.76. The zero-order chi connectivity index (χ0) is 20.8. The molecule has 6 nitrogen and oxygen atoms in total. The number of benzene rings is 2. The number of amides is 2. The lowest BCUT2D eigenvalue weighted by Crippen LogP contribution is -2.38. The van der Waals surface area contributed by atoms with Gasteiger partial charge in [0, 0.05) is 17.2 Å². The summed E-state index contributed by atoms with van der Waals surface area (Å²) in [6.45, 7) is -3.03. The van der Waals surface area contributed by atoms with Crippen LogP contribution in [0.15, 0.2) is 42.5 Å². The van der Waals surface area contributed by atoms with E-state index in [1.165, 1.54) is 30.3 Å². The van der Waals surface area contributed by atoms with Crippen LogP contribution in [0.3, 0.4) is 0 Å². The Morgan fingerprint density at radius 1 is 1.07 bits per heavy atom. The van der Waals surface area contributed by atoms with Crippen LogP contribution in [-0.2, 0) is 0 Å². The van der Waals surface area contributed by atoms with E-state index in [2.05, 4.69) is 10.1 Å². The van der Waals surface area contributed by atoms with Crippen LogP contribution >= 0.6 is 0 Å². The van der Waals surface area contributed by atoms with Crippen LogP contribution in [0, 0.1) is 0 Å². The van der Waals surface area contributed by atoms with Gasteiger partial charge >= 0.3 is 12.7 Å². The van der Waals surface area contributed by atoms with Crippen molar-refractivity contribution >= 4 is 12.0 Å². The Bertz CT molecular complexity index is 883. The molecule has 3 N–H and O–H groups in total. The Kier molecular flexibility index (Phi) is 6.64. The van der Waals surface area contributed by atoms with Crippen molar-refractivity contribution < 1.29 is 27.8 Å². The van der Waals surface area contributed by atoms with Gasteiger partial charge in [0.25, 0.3) is 0 Å². The maximum atomic E-state index is 12.8. The van der Waals surface area contributed by atoms with E-state index in [0.29, 0.717) is 5.56 Å². The minimum atomic E-state index is -3.03. The van der Waals surface area contributed by atoms with Gasteiger partial charge in [-0.25, -0.2) is 4.79 Å². The number of hydrogen-bond donors (Lipinski definition) is 2. The average Bonchev–Trinajstić information content (AvgIpc) is 2.69. The van der Waals surface area contributed by atoms with Crippen LogP contribution in [0.4, 0.5) is 13.6 Å². The van der Waals surface area contributed by atoms with Crippen LogP contribution in [0.25, 0.3) is 11.1 Å². The number of hydrogen-bond acceptors (Lipinski definition) is 4. The number of alkyl halides is 2. The van der Waals surface area contributed by atoms with E-state index in [-0.39, 0.29) is 28.7 Å². The summed E-state index contributed by atoms with van der Waals surface area (Å²) in [5, 5.41) is 2.82. The van der Waals surface area contributed by atoms with Crippen molar-refractivity contribution in [3.05, 3.63) is 48.0 Å². The highest BCUT2D eigenvalue weighted by atomic mass is 19.3. The van der Waals surface area contributed by atoms with E-state index in [1.54, 1.807) is 12.1 Å². The first kappa shape index (κ1) is 20.6. The molecule has 3 rings (SSSR count). The topological polar surface area (TPSA) is 90.7 Å². The van der Waals surface area contributed by atoms with Crippen molar-refractivity contribution in [1.82, 2.24) is 5.32 Å². The number of carbonyl (C=O) groups excluding carboxylic acids is 2. The first-order valence-corrected chi connectivity index (χ1v) is 9.40. The van der Waals surface area contributed by atoms with E-state index in [9.17, 15) is 18.4 Å². The van der Waals surface area contributed by atoms with Crippen LogP contribution in [0.1, 0.15) is 42.5 Å². The minimum Gasteiger partial charge on any atom is -0.434 e. The number of primary amides is 1. The van der Waals surface area contributed by atoms with Gasteiger partial charge in [0.2, 0.25) is 5.91 Å². The van der Waals surface area contributed by atoms with E-state index in [1.807, 2.05) is 0 Å². The fourth-order valence-electron chi connectivity index (χ4n) is 3.39. The molecule has 0 radical (unpaired) electrons. The fraction of sp³-hybridized carbons (Fsp3) is 0.333. The van der Waals surface area contributed by atoms with Crippen molar-refractivity contribution in [2.45, 2.75) is 44.8 Å². The Morgan fingerprint density at radius 2 is 1.83 bits per heavy atom. The summed E-state index contributed by atoms with van der Waals surface area (Å²) >= 11 is 0. The zero-order valence-corrected chi connectivity index (χ0v) is 15.7. The summed E-state index contributed by atoms with van der Waals surface area (Å²) in [5.74, 6) is -0.594. The highest BCUT2D eigenvalue weighted by molar-refractivity contribution is 5.94. The van der Waals surface area contributed by atoms with Crippen molar-refractivity contribution in [3.63, 3.8) is 0 Å². The molecular formula is C21H22F2N2O4. The molecule has 1 saturated carbocycles. The third-order valence-corrected chi connectivity index (χ3v) is 4.76. The molecule has 0 atom stereocenters. The molecule has 1 aliphatic rings. The van der Waals surface area contributed by atoms with Gasteiger partial charge in [-0.15, -0.1) is 0 Å². The molecule has 154 valence electrons. The molecule has 1 aliphatic carbocycles. The van der Waals surface area contributed by atoms with Gasteiger partial charge in [-0.05, 0) is 48.7 Å². The Morgan fingerprint density at radius 3 is 2.52 bits per heavy atom. The predicted octanol–water partition coefficient (Wildman–Crippen LogP) is 4.48. The number of ether oxygens (including phenoxy) is 2. The van der Waals surface area contributed by atoms with Gasteiger partial charge in [-0.3, -0.25) is 4.79 Å². The average molecular weight is 404 g/mol. The molecular weight excluding hydrogens is 382 g/mol. The molecule has 0 aliphatic heterocycles.